The van der Waals surface area contributed by atoms with Gasteiger partial charge < -0.3 is 24.9 Å². The zero-order valence-corrected chi connectivity index (χ0v) is 18.8. The Bertz CT molecular complexity index is 1240. The van der Waals surface area contributed by atoms with Crippen LogP contribution in [0.1, 0.15) is 22.3 Å². The number of rotatable bonds is 9. The summed E-state index contributed by atoms with van der Waals surface area (Å²) in [5, 5.41) is 10.4. The first-order valence-electron chi connectivity index (χ1n) is 10.8. The summed E-state index contributed by atoms with van der Waals surface area (Å²) in [4.78, 5) is 11.4. The summed E-state index contributed by atoms with van der Waals surface area (Å²) >= 11 is 0. The van der Waals surface area contributed by atoms with Crippen molar-refractivity contribution in [2.45, 2.75) is 25.4 Å². The van der Waals surface area contributed by atoms with Crippen LogP contribution in [-0.2, 0) is 24.2 Å². The number of aromatic nitrogens is 1. The summed E-state index contributed by atoms with van der Waals surface area (Å²) in [6, 6.07) is 21.4. The van der Waals surface area contributed by atoms with E-state index in [1.54, 1.807) is 14.2 Å². The van der Waals surface area contributed by atoms with E-state index in [4.69, 9.17) is 15.2 Å². The predicted molar refractivity (Wildman–Crippen MR) is 129 cm³/mol. The fourth-order valence-corrected chi connectivity index (χ4v) is 4.05. The summed E-state index contributed by atoms with van der Waals surface area (Å²) in [5.41, 5.74) is 11.3. The van der Waals surface area contributed by atoms with Gasteiger partial charge in [-0.3, -0.25) is 4.79 Å². The van der Waals surface area contributed by atoms with Crippen LogP contribution in [0.3, 0.4) is 0 Å². The molecular formula is C27H28N2O4. The zero-order valence-electron chi connectivity index (χ0n) is 18.8. The van der Waals surface area contributed by atoms with Crippen molar-refractivity contribution >= 4 is 16.9 Å². The maximum atomic E-state index is 11.4. The van der Waals surface area contributed by atoms with Gasteiger partial charge in [-0.2, -0.15) is 0 Å². The summed E-state index contributed by atoms with van der Waals surface area (Å²) in [5.74, 6) is 0.641. The highest BCUT2D eigenvalue weighted by Gasteiger charge is 2.17. The van der Waals surface area contributed by atoms with Gasteiger partial charge in [-0.1, -0.05) is 30.3 Å². The van der Waals surface area contributed by atoms with Crippen LogP contribution >= 0.6 is 0 Å². The third-order valence-corrected chi connectivity index (χ3v) is 5.86. The molecule has 0 saturated carbocycles. The number of fused-ring (bicyclic) bond motifs is 1. The summed E-state index contributed by atoms with van der Waals surface area (Å²) in [6.45, 7) is 0.667. The number of benzene rings is 3. The number of hydrogen-bond acceptors (Lipinski definition) is 4. The Labute approximate surface area is 193 Å². The van der Waals surface area contributed by atoms with Gasteiger partial charge in [0, 0.05) is 30.1 Å². The van der Waals surface area contributed by atoms with Crippen molar-refractivity contribution in [3.05, 3.63) is 95.2 Å². The van der Waals surface area contributed by atoms with Crippen molar-refractivity contribution < 1.29 is 19.4 Å². The molecule has 1 atom stereocenters. The number of ether oxygens (including phenoxy) is 2. The first-order chi connectivity index (χ1) is 16.0. The van der Waals surface area contributed by atoms with Crippen LogP contribution in [0, 0.1) is 0 Å². The lowest BCUT2D eigenvalue weighted by molar-refractivity contribution is -0.138. The van der Waals surface area contributed by atoms with Crippen LogP contribution in [0.2, 0.25) is 0 Å². The minimum atomic E-state index is -1.000. The first kappa shape index (κ1) is 22.4. The van der Waals surface area contributed by atoms with E-state index in [-0.39, 0.29) is 6.42 Å². The third-order valence-electron chi connectivity index (χ3n) is 5.86. The van der Waals surface area contributed by atoms with Gasteiger partial charge in [-0.15, -0.1) is 0 Å². The van der Waals surface area contributed by atoms with E-state index in [0.717, 1.165) is 45.5 Å². The number of nitrogens with zero attached hydrogens (tertiary/aromatic N) is 1. The molecule has 0 radical (unpaired) electrons. The molecule has 170 valence electrons. The first-order valence-corrected chi connectivity index (χ1v) is 10.8. The quantitative estimate of drug-likeness (QED) is 0.403. The molecule has 0 saturated heterocycles. The molecule has 4 aromatic rings. The zero-order chi connectivity index (χ0) is 23.4. The topological polar surface area (TPSA) is 86.7 Å². The van der Waals surface area contributed by atoms with Gasteiger partial charge in [-0.05, 0) is 65.1 Å². The molecule has 0 aliphatic rings. The van der Waals surface area contributed by atoms with Crippen LogP contribution in [0.15, 0.2) is 72.9 Å². The number of carbonyl (C=O) groups is 1. The average molecular weight is 445 g/mol. The lowest BCUT2D eigenvalue weighted by Gasteiger charge is -2.08. The lowest BCUT2D eigenvalue weighted by atomic mass is 10.00. The Morgan fingerprint density at radius 1 is 0.909 bits per heavy atom. The smallest absolute Gasteiger partial charge is 0.320 e. The van der Waals surface area contributed by atoms with Crippen LogP contribution in [0.5, 0.6) is 11.5 Å². The van der Waals surface area contributed by atoms with Crippen LogP contribution in [0.4, 0.5) is 0 Å². The van der Waals surface area contributed by atoms with E-state index in [9.17, 15) is 9.90 Å². The minimum absolute atomic E-state index is 0.271. The van der Waals surface area contributed by atoms with Gasteiger partial charge in [-0.25, -0.2) is 0 Å². The molecule has 0 amide bonds. The van der Waals surface area contributed by atoms with Gasteiger partial charge in [0.2, 0.25) is 0 Å². The SMILES string of the molecule is COc1ccc(Cc2ccc3c(c2)c(C[C@H](N)C(=O)O)cn3Cc2ccc(OC)cc2)cc1. The van der Waals surface area contributed by atoms with Crippen LogP contribution in [0.25, 0.3) is 10.9 Å². The predicted octanol–water partition coefficient (Wildman–Crippen LogP) is 4.25. The number of methoxy groups -OCH3 is 2. The summed E-state index contributed by atoms with van der Waals surface area (Å²) in [7, 11) is 3.30. The van der Waals surface area contributed by atoms with Crippen molar-refractivity contribution in [1.82, 2.24) is 4.57 Å². The molecule has 0 fully saturated rings. The Hall–Kier alpha value is -3.77. The molecule has 6 nitrogen and oxygen atoms in total. The second-order valence-electron chi connectivity index (χ2n) is 8.16. The van der Waals surface area contributed by atoms with E-state index in [0.29, 0.717) is 6.54 Å². The lowest BCUT2D eigenvalue weighted by Crippen LogP contribution is -2.32. The van der Waals surface area contributed by atoms with Gasteiger partial charge >= 0.3 is 5.97 Å². The molecule has 1 heterocycles. The Morgan fingerprint density at radius 3 is 2.06 bits per heavy atom. The molecule has 3 N–H and O–H groups in total. The number of aliphatic carboxylic acids is 1. The summed E-state index contributed by atoms with van der Waals surface area (Å²) in [6.07, 6.45) is 3.07. The summed E-state index contributed by atoms with van der Waals surface area (Å²) < 4.78 is 12.6. The Balaban J connectivity index is 1.68. The van der Waals surface area contributed by atoms with E-state index in [1.807, 2.05) is 42.6 Å². The molecule has 4 rings (SSSR count). The third kappa shape index (κ3) is 5.18. The second kappa shape index (κ2) is 9.79. The van der Waals surface area contributed by atoms with E-state index < -0.39 is 12.0 Å². The van der Waals surface area contributed by atoms with Crippen molar-refractivity contribution in [2.75, 3.05) is 14.2 Å². The minimum Gasteiger partial charge on any atom is -0.497 e. The van der Waals surface area contributed by atoms with Gasteiger partial charge in [0.1, 0.15) is 17.5 Å². The highest BCUT2D eigenvalue weighted by Crippen LogP contribution is 2.27. The molecular weight excluding hydrogens is 416 g/mol. The molecule has 1 aromatic heterocycles. The molecule has 0 aliphatic carbocycles. The molecule has 33 heavy (non-hydrogen) atoms. The highest BCUT2D eigenvalue weighted by atomic mass is 16.5. The fraction of sp³-hybridized carbons (Fsp3) is 0.222. The largest absolute Gasteiger partial charge is 0.497 e. The second-order valence-corrected chi connectivity index (χ2v) is 8.16. The number of nitrogens with two attached hydrogens (primary N) is 1. The van der Waals surface area contributed by atoms with Gasteiger partial charge in [0.25, 0.3) is 0 Å². The molecule has 0 aliphatic heterocycles. The van der Waals surface area contributed by atoms with Crippen LogP contribution in [-0.4, -0.2) is 35.9 Å². The molecule has 0 bridgehead atoms. The molecule has 0 spiro atoms. The number of carboxylic acids is 1. The van der Waals surface area contributed by atoms with Crippen molar-refractivity contribution in [3.63, 3.8) is 0 Å². The average Bonchev–Trinajstić information content (AvgIpc) is 3.16. The van der Waals surface area contributed by atoms with Crippen molar-refractivity contribution in [1.29, 1.82) is 0 Å². The van der Waals surface area contributed by atoms with Crippen molar-refractivity contribution in [3.8, 4) is 11.5 Å². The highest BCUT2D eigenvalue weighted by molar-refractivity contribution is 5.86. The van der Waals surface area contributed by atoms with Crippen molar-refractivity contribution in [2.24, 2.45) is 5.73 Å². The van der Waals surface area contributed by atoms with Gasteiger partial charge in [0.15, 0.2) is 0 Å². The Kier molecular flexibility index (Phi) is 6.66. The van der Waals surface area contributed by atoms with Gasteiger partial charge in [0.05, 0.1) is 14.2 Å². The van der Waals surface area contributed by atoms with Crippen LogP contribution < -0.4 is 15.2 Å². The maximum Gasteiger partial charge on any atom is 0.320 e. The maximum absolute atomic E-state index is 11.4. The Morgan fingerprint density at radius 2 is 1.48 bits per heavy atom. The standard InChI is InChI=1S/C27H28N2O4/c1-32-22-8-3-18(4-9-22)13-20-7-12-26-24(14-20)21(15-25(28)27(30)31)17-29(26)16-19-5-10-23(33-2)11-6-19/h3-12,14,17,25H,13,15-16,28H2,1-2H3,(H,30,31)/t25-/m0/s1. The molecule has 0 unspecified atom stereocenters. The normalized spacial score (nSPS) is 12.0. The van der Waals surface area contributed by atoms with E-state index in [1.165, 1.54) is 5.56 Å². The molecule has 3 aromatic carbocycles. The monoisotopic (exact) mass is 444 g/mol. The molecule has 6 heteroatoms. The number of hydrogen-bond donors (Lipinski definition) is 2. The van der Waals surface area contributed by atoms with E-state index in [2.05, 4.69) is 34.9 Å². The fourth-order valence-electron chi connectivity index (χ4n) is 4.05. The van der Waals surface area contributed by atoms with E-state index >= 15 is 0 Å². The number of carboxylic acid groups (broad SMARTS) is 1.